The van der Waals surface area contributed by atoms with Crippen LogP contribution < -0.4 is 11.1 Å². The molecule has 0 bridgehead atoms. The molecular formula is C19H31N3O3. The minimum Gasteiger partial charge on any atom is -0.382 e. The molecule has 140 valence electrons. The topological polar surface area (TPSA) is 78.1 Å². The lowest BCUT2D eigenvalue weighted by molar-refractivity contribution is -0.0390. The van der Waals surface area contributed by atoms with Crippen LogP contribution in [-0.4, -0.2) is 45.0 Å². The molecular weight excluding hydrogens is 318 g/mol. The maximum Gasteiger partial charge on any atom is 0.188 e. The van der Waals surface area contributed by atoms with E-state index in [9.17, 15) is 0 Å². The third kappa shape index (κ3) is 8.34. The van der Waals surface area contributed by atoms with Crippen molar-refractivity contribution in [1.82, 2.24) is 5.32 Å². The first-order chi connectivity index (χ1) is 12.3. The number of ether oxygens (including phenoxy) is 3. The monoisotopic (exact) mass is 349 g/mol. The molecule has 25 heavy (non-hydrogen) atoms. The van der Waals surface area contributed by atoms with Gasteiger partial charge in [0.2, 0.25) is 0 Å². The van der Waals surface area contributed by atoms with E-state index in [2.05, 4.69) is 28.5 Å². The zero-order valence-corrected chi connectivity index (χ0v) is 15.2. The van der Waals surface area contributed by atoms with Crippen LogP contribution in [0.2, 0.25) is 0 Å². The van der Waals surface area contributed by atoms with Crippen molar-refractivity contribution in [3.8, 4) is 0 Å². The highest BCUT2D eigenvalue weighted by molar-refractivity contribution is 5.77. The molecule has 0 aliphatic carbocycles. The van der Waals surface area contributed by atoms with E-state index in [4.69, 9.17) is 19.9 Å². The predicted molar refractivity (Wildman–Crippen MR) is 99.5 cm³/mol. The maximum atomic E-state index is 5.97. The van der Waals surface area contributed by atoms with E-state index in [1.165, 1.54) is 5.56 Å². The molecule has 1 aromatic carbocycles. The van der Waals surface area contributed by atoms with Gasteiger partial charge in [0.05, 0.1) is 19.3 Å². The van der Waals surface area contributed by atoms with Crippen LogP contribution in [0.15, 0.2) is 29.3 Å². The fraction of sp³-hybridized carbons (Fsp3) is 0.632. The fourth-order valence-corrected chi connectivity index (χ4v) is 2.64. The Kier molecular flexibility index (Phi) is 9.33. The summed E-state index contributed by atoms with van der Waals surface area (Å²) in [6, 6.07) is 8.32. The van der Waals surface area contributed by atoms with Crippen LogP contribution in [0.5, 0.6) is 0 Å². The van der Waals surface area contributed by atoms with Crippen LogP contribution in [0.3, 0.4) is 0 Å². The van der Waals surface area contributed by atoms with Crippen molar-refractivity contribution in [2.75, 3.05) is 33.0 Å². The zero-order valence-electron chi connectivity index (χ0n) is 15.2. The minimum absolute atomic E-state index is 0.312. The smallest absolute Gasteiger partial charge is 0.188 e. The molecule has 0 radical (unpaired) electrons. The fourth-order valence-electron chi connectivity index (χ4n) is 2.64. The Morgan fingerprint density at radius 2 is 2.12 bits per heavy atom. The van der Waals surface area contributed by atoms with E-state index in [-0.39, 0.29) is 0 Å². The third-order valence-electron chi connectivity index (χ3n) is 4.05. The highest BCUT2D eigenvalue weighted by Crippen LogP contribution is 2.14. The quantitative estimate of drug-likeness (QED) is 0.385. The normalized spacial score (nSPS) is 16.1. The number of nitrogens with zero attached hydrogens (tertiary/aromatic N) is 1. The van der Waals surface area contributed by atoms with Crippen molar-refractivity contribution in [1.29, 1.82) is 0 Å². The summed E-state index contributed by atoms with van der Waals surface area (Å²) in [6.07, 6.45) is 3.19. The van der Waals surface area contributed by atoms with E-state index in [1.54, 1.807) is 0 Å². The van der Waals surface area contributed by atoms with Crippen molar-refractivity contribution in [2.24, 2.45) is 10.7 Å². The molecule has 1 saturated heterocycles. The van der Waals surface area contributed by atoms with Crippen LogP contribution in [0.25, 0.3) is 0 Å². The molecule has 1 heterocycles. The summed E-state index contributed by atoms with van der Waals surface area (Å²) in [7, 11) is 0. The van der Waals surface area contributed by atoms with Crippen LogP contribution in [0, 0.1) is 0 Å². The molecule has 0 amide bonds. The summed E-state index contributed by atoms with van der Waals surface area (Å²) < 4.78 is 16.6. The summed E-state index contributed by atoms with van der Waals surface area (Å²) in [5.41, 5.74) is 8.19. The number of guanidine groups is 1. The van der Waals surface area contributed by atoms with Crippen LogP contribution in [0.1, 0.15) is 37.3 Å². The van der Waals surface area contributed by atoms with Gasteiger partial charge in [-0.25, -0.2) is 4.99 Å². The highest BCUT2D eigenvalue weighted by atomic mass is 16.5. The number of aliphatic imine (C=N–C) groups is 1. The van der Waals surface area contributed by atoms with Crippen molar-refractivity contribution in [3.63, 3.8) is 0 Å². The largest absolute Gasteiger partial charge is 0.382 e. The molecule has 0 aromatic heterocycles. The highest BCUT2D eigenvalue weighted by Gasteiger charge is 2.13. The maximum absolute atomic E-state index is 5.97. The van der Waals surface area contributed by atoms with Crippen LogP contribution in [0.4, 0.5) is 0 Å². The second-order valence-corrected chi connectivity index (χ2v) is 6.12. The van der Waals surface area contributed by atoms with E-state index >= 15 is 0 Å². The Hall–Kier alpha value is -1.63. The van der Waals surface area contributed by atoms with Gasteiger partial charge in [-0.15, -0.1) is 0 Å². The molecule has 2 rings (SSSR count). The lowest BCUT2D eigenvalue weighted by Crippen LogP contribution is -2.32. The summed E-state index contributed by atoms with van der Waals surface area (Å²) in [6.45, 7) is 7.06. The Morgan fingerprint density at radius 1 is 1.32 bits per heavy atom. The molecule has 3 N–H and O–H groups in total. The third-order valence-corrected chi connectivity index (χ3v) is 4.05. The first-order valence-corrected chi connectivity index (χ1v) is 9.16. The molecule has 0 spiro atoms. The molecule has 1 aromatic rings. The standard InChI is InChI=1S/C19H31N3O3/c1-2-23-10-4-9-21-19(20)22-14-16-5-3-6-17(13-16)15-25-18-7-11-24-12-8-18/h3,5-6,13,18H,2,4,7-12,14-15H2,1H3,(H3,20,21,22). The minimum atomic E-state index is 0.312. The van der Waals surface area contributed by atoms with Gasteiger partial charge in [-0.3, -0.25) is 0 Å². The molecule has 6 nitrogen and oxygen atoms in total. The van der Waals surface area contributed by atoms with Crippen LogP contribution >= 0.6 is 0 Å². The second-order valence-electron chi connectivity index (χ2n) is 6.12. The second kappa shape index (κ2) is 11.8. The van der Waals surface area contributed by atoms with Gasteiger partial charge in [-0.1, -0.05) is 24.3 Å². The van der Waals surface area contributed by atoms with E-state index in [0.717, 1.165) is 57.8 Å². The predicted octanol–water partition coefficient (Wildman–Crippen LogP) is 2.21. The molecule has 0 atom stereocenters. The SMILES string of the molecule is CCOCCCNC(N)=NCc1cccc(COC2CCOCC2)c1. The summed E-state index contributed by atoms with van der Waals surface area (Å²) in [4.78, 5) is 4.39. The lowest BCUT2D eigenvalue weighted by atomic mass is 10.1. The molecule has 6 heteroatoms. The number of hydrogen-bond acceptors (Lipinski definition) is 4. The summed E-state index contributed by atoms with van der Waals surface area (Å²) >= 11 is 0. The van der Waals surface area contributed by atoms with Crippen molar-refractivity contribution in [3.05, 3.63) is 35.4 Å². The van der Waals surface area contributed by atoms with Crippen molar-refractivity contribution in [2.45, 2.75) is 45.4 Å². The Labute approximate surface area is 150 Å². The number of nitrogens with two attached hydrogens (primary N) is 1. The van der Waals surface area contributed by atoms with Gasteiger partial charge in [0.15, 0.2) is 5.96 Å². The molecule has 0 unspecified atom stereocenters. The first-order valence-electron chi connectivity index (χ1n) is 9.16. The Morgan fingerprint density at radius 3 is 2.92 bits per heavy atom. The Bertz CT molecular complexity index is 516. The number of benzene rings is 1. The van der Waals surface area contributed by atoms with Crippen LogP contribution in [-0.2, 0) is 27.4 Å². The van der Waals surface area contributed by atoms with Crippen molar-refractivity contribution < 1.29 is 14.2 Å². The van der Waals surface area contributed by atoms with Gasteiger partial charge in [0.25, 0.3) is 0 Å². The van der Waals surface area contributed by atoms with Gasteiger partial charge in [0, 0.05) is 33.0 Å². The summed E-state index contributed by atoms with van der Waals surface area (Å²) in [5.74, 6) is 0.473. The van der Waals surface area contributed by atoms with E-state index < -0.39 is 0 Å². The number of rotatable bonds is 10. The molecule has 1 aliphatic heterocycles. The van der Waals surface area contributed by atoms with Gasteiger partial charge in [0.1, 0.15) is 0 Å². The molecule has 1 aliphatic rings. The average molecular weight is 349 g/mol. The van der Waals surface area contributed by atoms with Gasteiger partial charge >= 0.3 is 0 Å². The van der Waals surface area contributed by atoms with E-state index in [0.29, 0.717) is 25.2 Å². The number of nitrogens with one attached hydrogen (secondary N) is 1. The van der Waals surface area contributed by atoms with Gasteiger partial charge in [-0.2, -0.15) is 0 Å². The van der Waals surface area contributed by atoms with Gasteiger partial charge < -0.3 is 25.3 Å². The number of hydrogen-bond donors (Lipinski definition) is 2. The molecule has 1 fully saturated rings. The van der Waals surface area contributed by atoms with Gasteiger partial charge in [-0.05, 0) is 37.3 Å². The Balaban J connectivity index is 1.71. The average Bonchev–Trinajstić information content (AvgIpc) is 2.66. The van der Waals surface area contributed by atoms with Crippen molar-refractivity contribution >= 4 is 5.96 Å². The zero-order chi connectivity index (χ0) is 17.7. The van der Waals surface area contributed by atoms with E-state index in [1.807, 2.05) is 13.0 Å². The summed E-state index contributed by atoms with van der Waals surface area (Å²) in [5, 5.41) is 3.11. The first kappa shape index (κ1) is 19.7. The lowest BCUT2D eigenvalue weighted by Gasteiger charge is -2.22. The molecule has 0 saturated carbocycles.